The van der Waals surface area contributed by atoms with E-state index < -0.39 is 6.04 Å². The van der Waals surface area contributed by atoms with Crippen molar-refractivity contribution in [3.63, 3.8) is 0 Å². The summed E-state index contributed by atoms with van der Waals surface area (Å²) in [6.07, 6.45) is 0.326. The van der Waals surface area contributed by atoms with Gasteiger partial charge in [-0.3, -0.25) is 4.79 Å². The minimum atomic E-state index is -0.758. The molecule has 1 aromatic heterocycles. The molecule has 2 N–H and O–H groups in total. The molecule has 0 aliphatic carbocycles. The Morgan fingerprint density at radius 1 is 1.40 bits per heavy atom. The van der Waals surface area contributed by atoms with Crippen LogP contribution in [0.1, 0.15) is 24.4 Å². The number of nitrogens with one attached hydrogen (secondary N) is 2. The van der Waals surface area contributed by atoms with Crippen molar-refractivity contribution in [3.05, 3.63) is 35.3 Å². The van der Waals surface area contributed by atoms with Gasteiger partial charge in [0.15, 0.2) is 11.0 Å². The Balaban J connectivity index is 2.08. The van der Waals surface area contributed by atoms with Gasteiger partial charge in [-0.15, -0.1) is 10.2 Å². The van der Waals surface area contributed by atoms with Crippen LogP contribution in [0.25, 0.3) is 0 Å². The van der Waals surface area contributed by atoms with Gasteiger partial charge in [0.05, 0.1) is 6.07 Å². The van der Waals surface area contributed by atoms with Gasteiger partial charge >= 0.3 is 0 Å². The van der Waals surface area contributed by atoms with Crippen LogP contribution in [-0.4, -0.2) is 16.1 Å². The van der Waals surface area contributed by atoms with Gasteiger partial charge < -0.3 is 10.6 Å². The second kappa shape index (κ2) is 6.63. The first-order valence-corrected chi connectivity index (χ1v) is 6.89. The number of anilines is 2. The van der Waals surface area contributed by atoms with Crippen LogP contribution in [0.4, 0.5) is 10.8 Å². The quantitative estimate of drug-likeness (QED) is 0.881. The number of carbonyl (C=O) groups excluding carboxylic acids is 1. The van der Waals surface area contributed by atoms with Crippen molar-refractivity contribution in [2.24, 2.45) is 0 Å². The van der Waals surface area contributed by atoms with Gasteiger partial charge in [0.25, 0.3) is 0 Å². The Morgan fingerprint density at radius 3 is 2.80 bits per heavy atom. The lowest BCUT2D eigenvalue weighted by molar-refractivity contribution is -0.121. The Morgan fingerprint density at radius 2 is 2.15 bits per heavy atom. The number of nitrogens with zero attached hydrogens (tertiary/aromatic N) is 3. The predicted octanol–water partition coefficient (Wildman–Crippen LogP) is 2.37. The highest BCUT2D eigenvalue weighted by molar-refractivity contribution is 7.15. The van der Waals surface area contributed by atoms with Crippen LogP contribution in [0.3, 0.4) is 0 Å². The maximum absolute atomic E-state index is 11.3. The van der Waals surface area contributed by atoms with Crippen LogP contribution in [0, 0.1) is 11.3 Å². The van der Waals surface area contributed by atoms with Gasteiger partial charge in [-0.25, -0.2) is 0 Å². The van der Waals surface area contributed by atoms with Crippen LogP contribution >= 0.6 is 11.3 Å². The first-order chi connectivity index (χ1) is 9.72. The second-order valence-corrected chi connectivity index (χ2v) is 4.93. The average molecular weight is 287 g/mol. The van der Waals surface area contributed by atoms with Gasteiger partial charge in [-0.1, -0.05) is 36.5 Å². The second-order valence-electron chi connectivity index (χ2n) is 3.92. The Kier molecular flexibility index (Phi) is 4.63. The number of rotatable bonds is 5. The topological polar surface area (TPSA) is 90.7 Å². The molecule has 2 aromatic rings. The number of para-hydroxylation sites is 1. The van der Waals surface area contributed by atoms with Crippen molar-refractivity contribution < 1.29 is 4.79 Å². The van der Waals surface area contributed by atoms with Gasteiger partial charge in [0, 0.05) is 12.1 Å². The minimum absolute atomic E-state index is 0.190. The van der Waals surface area contributed by atoms with E-state index >= 15 is 0 Å². The fourth-order valence-electron chi connectivity index (χ4n) is 1.46. The molecule has 0 spiro atoms. The maximum atomic E-state index is 11.3. The van der Waals surface area contributed by atoms with Crippen molar-refractivity contribution >= 4 is 28.1 Å². The zero-order valence-electron chi connectivity index (χ0n) is 10.8. The van der Waals surface area contributed by atoms with E-state index in [4.69, 9.17) is 5.26 Å². The zero-order chi connectivity index (χ0) is 14.4. The molecule has 20 heavy (non-hydrogen) atoms. The first kappa shape index (κ1) is 14.0. The fourth-order valence-corrected chi connectivity index (χ4v) is 2.22. The molecule has 2 rings (SSSR count). The lowest BCUT2D eigenvalue weighted by Crippen LogP contribution is -2.26. The molecule has 1 atom stereocenters. The minimum Gasteiger partial charge on any atom is -0.335 e. The Bertz CT molecular complexity index is 619. The largest absolute Gasteiger partial charge is 0.335 e. The molecule has 1 heterocycles. The number of hydrogen-bond acceptors (Lipinski definition) is 6. The molecule has 0 saturated carbocycles. The first-order valence-electron chi connectivity index (χ1n) is 6.07. The Labute approximate surface area is 120 Å². The zero-order valence-corrected chi connectivity index (χ0v) is 11.6. The summed E-state index contributed by atoms with van der Waals surface area (Å²) in [4.78, 5) is 11.3. The summed E-state index contributed by atoms with van der Waals surface area (Å²) in [5.74, 6) is -0.190. The maximum Gasteiger partial charge on any atom is 0.221 e. The molecular weight excluding hydrogens is 274 g/mol. The summed E-state index contributed by atoms with van der Waals surface area (Å²) in [5.41, 5.74) is 0.890. The smallest absolute Gasteiger partial charge is 0.221 e. The van der Waals surface area contributed by atoms with E-state index in [1.165, 1.54) is 11.3 Å². The van der Waals surface area contributed by atoms with E-state index in [1.807, 2.05) is 36.4 Å². The van der Waals surface area contributed by atoms with Crippen molar-refractivity contribution in [3.8, 4) is 6.07 Å². The third-order valence-electron chi connectivity index (χ3n) is 2.47. The normalized spacial score (nSPS) is 11.4. The van der Waals surface area contributed by atoms with Crippen molar-refractivity contribution in [2.45, 2.75) is 19.4 Å². The monoisotopic (exact) mass is 287 g/mol. The van der Waals surface area contributed by atoms with Crippen LogP contribution in [0.15, 0.2) is 30.3 Å². The summed E-state index contributed by atoms with van der Waals surface area (Å²) < 4.78 is 0. The number of benzene rings is 1. The fraction of sp³-hybridized carbons (Fsp3) is 0.231. The summed E-state index contributed by atoms with van der Waals surface area (Å²) in [7, 11) is 0. The van der Waals surface area contributed by atoms with Gasteiger partial charge in [0.2, 0.25) is 11.0 Å². The van der Waals surface area contributed by atoms with Gasteiger partial charge in [0.1, 0.15) is 0 Å². The molecule has 0 aliphatic heterocycles. The van der Waals surface area contributed by atoms with E-state index in [0.29, 0.717) is 16.6 Å². The molecular formula is C13H13N5OS. The van der Waals surface area contributed by atoms with Gasteiger partial charge in [-0.2, -0.15) is 5.26 Å². The molecule has 0 aliphatic rings. The predicted molar refractivity (Wildman–Crippen MR) is 76.4 cm³/mol. The molecule has 0 radical (unpaired) electrons. The molecule has 0 bridgehead atoms. The summed E-state index contributed by atoms with van der Waals surface area (Å²) in [6, 6.07) is 10.8. The number of amides is 1. The number of carbonyl (C=O) groups is 1. The lowest BCUT2D eigenvalue weighted by atomic mass is 10.3. The van der Waals surface area contributed by atoms with Crippen molar-refractivity contribution in [2.75, 3.05) is 5.32 Å². The molecule has 1 aromatic carbocycles. The highest BCUT2D eigenvalue weighted by Gasteiger charge is 2.18. The molecule has 102 valence electrons. The van der Waals surface area contributed by atoms with Crippen LogP contribution < -0.4 is 10.6 Å². The highest BCUT2D eigenvalue weighted by atomic mass is 32.1. The van der Waals surface area contributed by atoms with E-state index in [2.05, 4.69) is 20.8 Å². The number of aromatic nitrogens is 2. The number of nitriles is 1. The van der Waals surface area contributed by atoms with Crippen molar-refractivity contribution in [1.29, 1.82) is 5.26 Å². The summed E-state index contributed by atoms with van der Waals surface area (Å²) >= 11 is 1.24. The molecule has 0 unspecified atom stereocenters. The molecule has 1 amide bonds. The van der Waals surface area contributed by atoms with Crippen LogP contribution in [-0.2, 0) is 4.79 Å². The van der Waals surface area contributed by atoms with Crippen LogP contribution in [0.2, 0.25) is 0 Å². The van der Waals surface area contributed by atoms with Gasteiger partial charge in [-0.05, 0) is 12.1 Å². The summed E-state index contributed by atoms with van der Waals surface area (Å²) in [5, 5.41) is 23.7. The van der Waals surface area contributed by atoms with Crippen molar-refractivity contribution in [1.82, 2.24) is 15.5 Å². The summed E-state index contributed by atoms with van der Waals surface area (Å²) in [6.45, 7) is 1.73. The number of hydrogen-bond donors (Lipinski definition) is 2. The molecule has 7 heteroatoms. The lowest BCUT2D eigenvalue weighted by Gasteiger charge is -2.06. The molecule has 0 fully saturated rings. The highest BCUT2D eigenvalue weighted by Crippen LogP contribution is 2.24. The average Bonchev–Trinajstić information content (AvgIpc) is 2.93. The molecule has 6 nitrogen and oxygen atoms in total. The SMILES string of the molecule is CCC(=O)N[C@H](C#N)c1nnc(Nc2ccccc2)s1. The van der Waals surface area contributed by atoms with E-state index in [-0.39, 0.29) is 5.91 Å². The standard InChI is InChI=1S/C13H13N5OS/c1-2-11(19)16-10(8-14)12-17-18-13(20-12)15-9-6-4-3-5-7-9/h3-7,10H,2H2,1H3,(H,15,18)(H,16,19)/t10-/m1/s1. The third kappa shape index (κ3) is 3.52. The van der Waals surface area contributed by atoms with E-state index in [0.717, 1.165) is 5.69 Å². The van der Waals surface area contributed by atoms with Crippen LogP contribution in [0.5, 0.6) is 0 Å². The Hall–Kier alpha value is -2.46. The van der Waals surface area contributed by atoms with E-state index in [1.54, 1.807) is 6.92 Å². The molecule has 0 saturated heterocycles. The van der Waals surface area contributed by atoms with E-state index in [9.17, 15) is 4.79 Å². The third-order valence-corrected chi connectivity index (χ3v) is 3.37.